The Labute approximate surface area is 91.5 Å². The van der Waals surface area contributed by atoms with Gasteiger partial charge in [-0.15, -0.1) is 0 Å². The van der Waals surface area contributed by atoms with Crippen molar-refractivity contribution >= 4 is 5.95 Å². The first-order chi connectivity index (χ1) is 7.17. The Morgan fingerprint density at radius 1 is 1.33 bits per heavy atom. The van der Waals surface area contributed by atoms with Gasteiger partial charge in [0.15, 0.2) is 0 Å². The molecule has 0 fully saturated rings. The van der Waals surface area contributed by atoms with E-state index in [9.17, 15) is 0 Å². The van der Waals surface area contributed by atoms with Crippen LogP contribution in [-0.4, -0.2) is 23.1 Å². The zero-order chi connectivity index (χ0) is 11.3. The fourth-order valence-electron chi connectivity index (χ4n) is 1.41. The van der Waals surface area contributed by atoms with Crippen LogP contribution in [0.2, 0.25) is 0 Å². The largest absolute Gasteiger partial charge is 0.341 e. The quantitative estimate of drug-likeness (QED) is 0.795. The van der Waals surface area contributed by atoms with Crippen molar-refractivity contribution in [2.24, 2.45) is 11.7 Å². The third-order valence-corrected chi connectivity index (χ3v) is 2.18. The Morgan fingerprint density at radius 2 is 1.93 bits per heavy atom. The summed E-state index contributed by atoms with van der Waals surface area (Å²) in [6.07, 6.45) is 3.59. The standard InChI is InChI=1S/C11H20N4/c1-4-15(8-9(2)3)11-13-6-10(5-12)7-14-11/h6-7,9H,4-5,8,12H2,1-3H3. The maximum absolute atomic E-state index is 5.50. The molecule has 0 aliphatic carbocycles. The Hall–Kier alpha value is -1.16. The second-order valence-corrected chi connectivity index (χ2v) is 4.03. The summed E-state index contributed by atoms with van der Waals surface area (Å²) in [6, 6.07) is 0. The van der Waals surface area contributed by atoms with E-state index in [1.54, 1.807) is 12.4 Å². The first-order valence-electron chi connectivity index (χ1n) is 5.43. The van der Waals surface area contributed by atoms with Crippen molar-refractivity contribution in [1.82, 2.24) is 9.97 Å². The molecule has 84 valence electrons. The Morgan fingerprint density at radius 3 is 2.33 bits per heavy atom. The predicted octanol–water partition coefficient (Wildman–Crippen LogP) is 1.42. The highest BCUT2D eigenvalue weighted by Gasteiger charge is 2.08. The van der Waals surface area contributed by atoms with E-state index >= 15 is 0 Å². The van der Waals surface area contributed by atoms with Crippen LogP contribution < -0.4 is 10.6 Å². The Kier molecular flexibility index (Phi) is 4.49. The molecule has 0 aliphatic rings. The summed E-state index contributed by atoms with van der Waals surface area (Å²) in [4.78, 5) is 10.8. The third kappa shape index (κ3) is 3.47. The van der Waals surface area contributed by atoms with Crippen molar-refractivity contribution in [3.05, 3.63) is 18.0 Å². The van der Waals surface area contributed by atoms with Gasteiger partial charge in [-0.1, -0.05) is 13.8 Å². The summed E-state index contributed by atoms with van der Waals surface area (Å²) in [5, 5.41) is 0. The molecular weight excluding hydrogens is 188 g/mol. The smallest absolute Gasteiger partial charge is 0.225 e. The van der Waals surface area contributed by atoms with E-state index in [2.05, 4.69) is 35.6 Å². The Balaban J connectivity index is 2.74. The van der Waals surface area contributed by atoms with Crippen molar-refractivity contribution in [2.75, 3.05) is 18.0 Å². The molecular formula is C11H20N4. The van der Waals surface area contributed by atoms with Crippen LogP contribution in [0.5, 0.6) is 0 Å². The molecule has 0 aliphatic heterocycles. The summed E-state index contributed by atoms with van der Waals surface area (Å²) < 4.78 is 0. The summed E-state index contributed by atoms with van der Waals surface area (Å²) in [5.41, 5.74) is 6.47. The van der Waals surface area contributed by atoms with Crippen molar-refractivity contribution in [3.8, 4) is 0 Å². The van der Waals surface area contributed by atoms with E-state index in [0.29, 0.717) is 12.5 Å². The van der Waals surface area contributed by atoms with Gasteiger partial charge in [0.05, 0.1) is 0 Å². The van der Waals surface area contributed by atoms with Crippen LogP contribution in [0.3, 0.4) is 0 Å². The molecule has 0 aromatic carbocycles. The van der Waals surface area contributed by atoms with Gasteiger partial charge in [0.1, 0.15) is 0 Å². The average molecular weight is 208 g/mol. The lowest BCUT2D eigenvalue weighted by molar-refractivity contribution is 0.609. The number of rotatable bonds is 5. The average Bonchev–Trinajstić information content (AvgIpc) is 2.26. The topological polar surface area (TPSA) is 55.0 Å². The molecule has 4 nitrogen and oxygen atoms in total. The van der Waals surface area contributed by atoms with Crippen molar-refractivity contribution in [2.45, 2.75) is 27.3 Å². The number of anilines is 1. The normalized spacial score (nSPS) is 10.7. The minimum atomic E-state index is 0.497. The minimum Gasteiger partial charge on any atom is -0.341 e. The fourth-order valence-corrected chi connectivity index (χ4v) is 1.41. The van der Waals surface area contributed by atoms with Gasteiger partial charge in [0.2, 0.25) is 5.95 Å². The van der Waals surface area contributed by atoms with Crippen molar-refractivity contribution < 1.29 is 0 Å². The number of nitrogens with zero attached hydrogens (tertiary/aromatic N) is 3. The van der Waals surface area contributed by atoms with Crippen LogP contribution in [-0.2, 0) is 6.54 Å². The van der Waals surface area contributed by atoms with E-state index in [1.165, 1.54) is 0 Å². The lowest BCUT2D eigenvalue weighted by Crippen LogP contribution is -2.29. The van der Waals surface area contributed by atoms with Gasteiger partial charge >= 0.3 is 0 Å². The van der Waals surface area contributed by atoms with Crippen LogP contribution in [0.4, 0.5) is 5.95 Å². The van der Waals surface area contributed by atoms with Gasteiger partial charge in [0.25, 0.3) is 0 Å². The monoisotopic (exact) mass is 208 g/mol. The van der Waals surface area contributed by atoms with Gasteiger partial charge in [-0.2, -0.15) is 0 Å². The van der Waals surface area contributed by atoms with Crippen LogP contribution in [0, 0.1) is 5.92 Å². The summed E-state index contributed by atoms with van der Waals surface area (Å²) in [6.45, 7) is 8.91. The van der Waals surface area contributed by atoms with E-state index in [4.69, 9.17) is 5.73 Å². The molecule has 15 heavy (non-hydrogen) atoms. The van der Waals surface area contributed by atoms with Gasteiger partial charge < -0.3 is 10.6 Å². The zero-order valence-electron chi connectivity index (χ0n) is 9.77. The number of nitrogens with two attached hydrogens (primary N) is 1. The van der Waals surface area contributed by atoms with Gasteiger partial charge in [-0.25, -0.2) is 9.97 Å². The molecule has 0 saturated heterocycles. The second-order valence-electron chi connectivity index (χ2n) is 4.03. The molecule has 1 aromatic heterocycles. The first kappa shape index (κ1) is 11.9. The number of hydrogen-bond donors (Lipinski definition) is 1. The highest BCUT2D eigenvalue weighted by Crippen LogP contribution is 2.09. The molecule has 0 atom stereocenters. The fraction of sp³-hybridized carbons (Fsp3) is 0.636. The molecule has 1 rings (SSSR count). The SMILES string of the molecule is CCN(CC(C)C)c1ncc(CN)cn1. The zero-order valence-corrected chi connectivity index (χ0v) is 9.77. The van der Waals surface area contributed by atoms with E-state index in [0.717, 1.165) is 24.6 Å². The molecule has 0 saturated carbocycles. The lowest BCUT2D eigenvalue weighted by atomic mass is 10.2. The van der Waals surface area contributed by atoms with Crippen LogP contribution in [0.15, 0.2) is 12.4 Å². The second kappa shape index (κ2) is 5.66. The molecule has 0 radical (unpaired) electrons. The maximum Gasteiger partial charge on any atom is 0.225 e. The van der Waals surface area contributed by atoms with E-state index in [1.807, 2.05) is 0 Å². The molecule has 0 amide bonds. The van der Waals surface area contributed by atoms with Gasteiger partial charge in [-0.3, -0.25) is 0 Å². The predicted molar refractivity (Wildman–Crippen MR) is 62.6 cm³/mol. The molecule has 2 N–H and O–H groups in total. The van der Waals surface area contributed by atoms with Crippen molar-refractivity contribution in [1.29, 1.82) is 0 Å². The number of aromatic nitrogens is 2. The molecule has 1 heterocycles. The van der Waals surface area contributed by atoms with Crippen LogP contribution in [0.1, 0.15) is 26.3 Å². The molecule has 4 heteroatoms. The molecule has 0 bridgehead atoms. The van der Waals surface area contributed by atoms with E-state index in [-0.39, 0.29) is 0 Å². The van der Waals surface area contributed by atoms with Gasteiger partial charge in [0, 0.05) is 37.6 Å². The van der Waals surface area contributed by atoms with Crippen LogP contribution >= 0.6 is 0 Å². The lowest BCUT2D eigenvalue weighted by Gasteiger charge is -2.22. The van der Waals surface area contributed by atoms with Gasteiger partial charge in [-0.05, 0) is 12.8 Å². The van der Waals surface area contributed by atoms with Crippen molar-refractivity contribution in [3.63, 3.8) is 0 Å². The molecule has 0 unspecified atom stereocenters. The number of hydrogen-bond acceptors (Lipinski definition) is 4. The van der Waals surface area contributed by atoms with Crippen LogP contribution in [0.25, 0.3) is 0 Å². The summed E-state index contributed by atoms with van der Waals surface area (Å²) in [5.74, 6) is 1.41. The highest BCUT2D eigenvalue weighted by atomic mass is 15.2. The summed E-state index contributed by atoms with van der Waals surface area (Å²) in [7, 11) is 0. The maximum atomic E-state index is 5.50. The summed E-state index contributed by atoms with van der Waals surface area (Å²) >= 11 is 0. The molecule has 1 aromatic rings. The highest BCUT2D eigenvalue weighted by molar-refractivity contribution is 5.29. The molecule has 0 spiro atoms. The first-order valence-corrected chi connectivity index (χ1v) is 5.43. The minimum absolute atomic E-state index is 0.497. The van der Waals surface area contributed by atoms with E-state index < -0.39 is 0 Å². The third-order valence-electron chi connectivity index (χ3n) is 2.18. The Bertz CT molecular complexity index is 281.